The number of halogens is 4. The molecular weight excluding hydrogens is 450 g/mol. The van der Waals surface area contributed by atoms with Gasteiger partial charge in [-0.2, -0.15) is 18.4 Å². The fraction of sp³-hybridized carbons (Fsp3) is 0.316. The number of rotatable bonds is 3. The SMILES string of the molecule is CC1(c2nc(NC(=O)Oc3ncc(C#N)cc3N)ccc2F)COC(C)(C(F)(F)F)C(N)=N1. The molecule has 33 heavy (non-hydrogen) atoms. The van der Waals surface area contributed by atoms with Crippen LogP contribution in [0.1, 0.15) is 25.1 Å². The predicted octanol–water partition coefficient (Wildman–Crippen LogP) is 2.60. The monoisotopic (exact) mass is 467 g/mol. The van der Waals surface area contributed by atoms with Crippen molar-refractivity contribution in [2.45, 2.75) is 31.2 Å². The highest BCUT2D eigenvalue weighted by Gasteiger charge is 2.59. The number of amidine groups is 1. The normalized spacial score (nSPS) is 22.8. The molecule has 1 amide bonds. The molecule has 1 aliphatic rings. The van der Waals surface area contributed by atoms with E-state index in [1.165, 1.54) is 13.0 Å². The van der Waals surface area contributed by atoms with Crippen molar-refractivity contribution in [2.24, 2.45) is 10.7 Å². The van der Waals surface area contributed by atoms with Gasteiger partial charge in [-0.15, -0.1) is 0 Å². The number of anilines is 2. The first kappa shape index (κ1) is 23.7. The maximum Gasteiger partial charge on any atom is 0.424 e. The molecule has 14 heteroatoms. The first-order valence-corrected chi connectivity index (χ1v) is 9.17. The minimum absolute atomic E-state index is 0.0821. The standard InChI is InChI=1S/C19H17F4N7O3/c1-17(8-32-18(2,15(26)30-17)19(21,22)23)13-10(20)3-4-12(28-13)29-16(31)33-14-11(25)5-9(6-24)7-27-14/h3-5,7H,8,25H2,1-2H3,(H2,26,30)(H,28,29,31). The summed E-state index contributed by atoms with van der Waals surface area (Å²) in [6.07, 6.45) is -4.81. The summed E-state index contributed by atoms with van der Waals surface area (Å²) >= 11 is 0. The van der Waals surface area contributed by atoms with E-state index in [1.807, 2.05) is 6.07 Å². The van der Waals surface area contributed by atoms with Gasteiger partial charge in [0.2, 0.25) is 11.5 Å². The van der Waals surface area contributed by atoms with Crippen molar-refractivity contribution in [1.82, 2.24) is 9.97 Å². The molecule has 2 unspecified atom stereocenters. The molecule has 0 aromatic carbocycles. The van der Waals surface area contributed by atoms with Gasteiger partial charge >= 0.3 is 12.3 Å². The Balaban J connectivity index is 1.84. The third-order valence-electron chi connectivity index (χ3n) is 4.82. The van der Waals surface area contributed by atoms with E-state index in [9.17, 15) is 22.4 Å². The van der Waals surface area contributed by atoms with Gasteiger partial charge in [0, 0.05) is 6.20 Å². The van der Waals surface area contributed by atoms with Gasteiger partial charge in [0.1, 0.15) is 34.8 Å². The summed E-state index contributed by atoms with van der Waals surface area (Å²) in [5.41, 5.74) is 6.29. The molecule has 2 atom stereocenters. The summed E-state index contributed by atoms with van der Waals surface area (Å²) in [7, 11) is 0. The Hall–Kier alpha value is -3.99. The van der Waals surface area contributed by atoms with Crippen LogP contribution in [0.25, 0.3) is 0 Å². The summed E-state index contributed by atoms with van der Waals surface area (Å²) < 4.78 is 64.3. The molecule has 0 saturated carbocycles. The van der Waals surface area contributed by atoms with Crippen molar-refractivity contribution in [2.75, 3.05) is 17.7 Å². The number of nitrogens with two attached hydrogens (primary N) is 2. The number of nitriles is 1. The Morgan fingerprint density at radius 2 is 2.03 bits per heavy atom. The smallest absolute Gasteiger partial charge is 0.394 e. The van der Waals surface area contributed by atoms with Gasteiger partial charge in [0.05, 0.1) is 17.9 Å². The molecule has 0 radical (unpaired) electrons. The summed E-state index contributed by atoms with van der Waals surface area (Å²) in [5.74, 6) is -2.30. The molecule has 10 nitrogen and oxygen atoms in total. The number of ether oxygens (including phenoxy) is 2. The Labute approximate surface area is 184 Å². The Morgan fingerprint density at radius 1 is 1.33 bits per heavy atom. The number of nitrogens with zero attached hydrogens (tertiary/aromatic N) is 4. The molecule has 0 aliphatic carbocycles. The van der Waals surface area contributed by atoms with E-state index < -0.39 is 47.4 Å². The molecule has 3 rings (SSSR count). The van der Waals surface area contributed by atoms with Crippen LogP contribution in [0.15, 0.2) is 29.4 Å². The van der Waals surface area contributed by atoms with E-state index in [0.717, 1.165) is 18.3 Å². The average Bonchev–Trinajstić information content (AvgIpc) is 2.73. The Kier molecular flexibility index (Phi) is 5.86. The number of aromatic nitrogens is 2. The van der Waals surface area contributed by atoms with Crippen LogP contribution < -0.4 is 21.5 Å². The number of amides is 1. The lowest BCUT2D eigenvalue weighted by Gasteiger charge is -2.40. The first-order valence-electron chi connectivity index (χ1n) is 9.17. The molecule has 2 aromatic heterocycles. The lowest BCUT2D eigenvalue weighted by Crippen LogP contribution is -2.60. The molecule has 3 heterocycles. The van der Waals surface area contributed by atoms with Gasteiger partial charge in [-0.25, -0.2) is 19.2 Å². The number of carbonyl (C=O) groups is 1. The number of nitrogen functional groups attached to an aromatic ring is 1. The minimum Gasteiger partial charge on any atom is -0.394 e. The van der Waals surface area contributed by atoms with E-state index in [1.54, 1.807) is 0 Å². The van der Waals surface area contributed by atoms with Crippen LogP contribution in [0.3, 0.4) is 0 Å². The largest absolute Gasteiger partial charge is 0.424 e. The highest BCUT2D eigenvalue weighted by molar-refractivity contribution is 5.90. The number of alkyl halides is 3. The predicted molar refractivity (Wildman–Crippen MR) is 107 cm³/mol. The molecule has 5 N–H and O–H groups in total. The van der Waals surface area contributed by atoms with Crippen LogP contribution in [0.2, 0.25) is 0 Å². The van der Waals surface area contributed by atoms with E-state index in [0.29, 0.717) is 6.92 Å². The van der Waals surface area contributed by atoms with Crippen LogP contribution in [0.4, 0.5) is 33.9 Å². The second-order valence-corrected chi connectivity index (χ2v) is 7.36. The number of carbonyl (C=O) groups excluding carboxylic acids is 1. The number of pyridine rings is 2. The fourth-order valence-corrected chi connectivity index (χ4v) is 2.83. The first-order chi connectivity index (χ1) is 15.3. The van der Waals surface area contributed by atoms with Crippen molar-refractivity contribution in [3.63, 3.8) is 0 Å². The molecule has 1 aliphatic heterocycles. The number of aliphatic imine (C=N–C) groups is 1. The van der Waals surface area contributed by atoms with Crippen LogP contribution in [0.5, 0.6) is 5.88 Å². The second kappa shape index (κ2) is 8.17. The summed E-state index contributed by atoms with van der Waals surface area (Å²) in [4.78, 5) is 23.7. The zero-order chi connectivity index (χ0) is 24.6. The summed E-state index contributed by atoms with van der Waals surface area (Å²) in [5, 5.41) is 11.0. The number of hydrogen-bond acceptors (Lipinski definition) is 9. The lowest BCUT2D eigenvalue weighted by atomic mass is 9.93. The average molecular weight is 467 g/mol. The topological polar surface area (TPSA) is 162 Å². The number of hydrogen-bond donors (Lipinski definition) is 3. The van der Waals surface area contributed by atoms with Crippen molar-refractivity contribution < 1.29 is 31.8 Å². The fourth-order valence-electron chi connectivity index (χ4n) is 2.83. The molecule has 174 valence electrons. The van der Waals surface area contributed by atoms with Crippen LogP contribution in [-0.2, 0) is 10.3 Å². The van der Waals surface area contributed by atoms with Crippen LogP contribution in [-0.4, -0.2) is 40.3 Å². The maximum absolute atomic E-state index is 14.5. The molecule has 2 aromatic rings. The summed E-state index contributed by atoms with van der Waals surface area (Å²) in [6, 6.07) is 5.08. The molecule has 0 bridgehead atoms. The van der Waals surface area contributed by atoms with Gasteiger partial charge in [-0.1, -0.05) is 0 Å². The van der Waals surface area contributed by atoms with Gasteiger partial charge < -0.3 is 20.9 Å². The maximum atomic E-state index is 14.5. The van der Waals surface area contributed by atoms with Gasteiger partial charge in [0.25, 0.3) is 0 Å². The Bertz CT molecular complexity index is 1180. The van der Waals surface area contributed by atoms with E-state index in [-0.39, 0.29) is 22.9 Å². The molecular formula is C19H17F4N7O3. The second-order valence-electron chi connectivity index (χ2n) is 7.36. The zero-order valence-electron chi connectivity index (χ0n) is 17.2. The van der Waals surface area contributed by atoms with Crippen molar-refractivity contribution in [1.29, 1.82) is 5.26 Å². The van der Waals surface area contributed by atoms with Crippen LogP contribution in [0, 0.1) is 17.1 Å². The quantitative estimate of drug-likeness (QED) is 0.580. The van der Waals surface area contributed by atoms with Gasteiger partial charge in [0.15, 0.2) is 0 Å². The van der Waals surface area contributed by atoms with E-state index in [4.69, 9.17) is 26.2 Å². The lowest BCUT2D eigenvalue weighted by molar-refractivity contribution is -0.249. The summed E-state index contributed by atoms with van der Waals surface area (Å²) in [6.45, 7) is 1.31. The zero-order valence-corrected chi connectivity index (χ0v) is 17.2. The van der Waals surface area contributed by atoms with E-state index in [2.05, 4.69) is 20.3 Å². The van der Waals surface area contributed by atoms with Crippen LogP contribution >= 0.6 is 0 Å². The van der Waals surface area contributed by atoms with Gasteiger partial charge in [-0.05, 0) is 32.0 Å². The highest BCUT2D eigenvalue weighted by Crippen LogP contribution is 2.41. The molecule has 0 saturated heterocycles. The van der Waals surface area contributed by atoms with Gasteiger partial charge in [-0.3, -0.25) is 10.3 Å². The minimum atomic E-state index is -4.84. The van der Waals surface area contributed by atoms with Crippen molar-refractivity contribution >= 4 is 23.4 Å². The molecule has 0 fully saturated rings. The third kappa shape index (κ3) is 4.48. The third-order valence-corrected chi connectivity index (χ3v) is 4.82. The number of nitrogens with one attached hydrogen (secondary N) is 1. The van der Waals surface area contributed by atoms with Crippen molar-refractivity contribution in [3.05, 3.63) is 41.5 Å². The van der Waals surface area contributed by atoms with E-state index >= 15 is 0 Å². The molecule has 0 spiro atoms. The van der Waals surface area contributed by atoms with Crippen molar-refractivity contribution in [3.8, 4) is 11.9 Å². The Morgan fingerprint density at radius 3 is 2.61 bits per heavy atom. The highest BCUT2D eigenvalue weighted by atomic mass is 19.4.